The minimum Gasteiger partial charge on any atom is -0.440 e. The van der Waals surface area contributed by atoms with E-state index >= 15 is 0 Å². The van der Waals surface area contributed by atoms with Crippen LogP contribution in [0.2, 0.25) is 18.1 Å². The van der Waals surface area contributed by atoms with Crippen LogP contribution in [0.1, 0.15) is 46.5 Å². The SMILES string of the molecule is C=CC[C@H](O[Si](C)(C)C(C)(C)C)[C@@H]1OC(=O)N2CCCC[C@@]12C=C. The highest BCUT2D eigenvalue weighted by molar-refractivity contribution is 6.74. The summed E-state index contributed by atoms with van der Waals surface area (Å²) in [7, 11) is -1.99. The van der Waals surface area contributed by atoms with Crippen molar-refractivity contribution in [1.29, 1.82) is 0 Å². The minimum atomic E-state index is -1.99. The molecule has 1 amide bonds. The van der Waals surface area contributed by atoms with E-state index in [2.05, 4.69) is 47.0 Å². The number of carbonyl (C=O) groups is 1. The molecule has 136 valence electrons. The van der Waals surface area contributed by atoms with Gasteiger partial charge in [-0.1, -0.05) is 32.9 Å². The van der Waals surface area contributed by atoms with Crippen molar-refractivity contribution < 1.29 is 14.0 Å². The lowest BCUT2D eigenvalue weighted by Gasteiger charge is -2.45. The molecule has 2 saturated heterocycles. The molecular weight excluding hydrogens is 318 g/mol. The molecule has 0 spiro atoms. The number of amides is 1. The molecule has 2 aliphatic rings. The first-order chi connectivity index (χ1) is 11.1. The second kappa shape index (κ2) is 6.68. The van der Waals surface area contributed by atoms with E-state index in [9.17, 15) is 4.79 Å². The Balaban J connectivity index is 2.34. The van der Waals surface area contributed by atoms with E-state index in [0.717, 1.165) is 25.8 Å². The highest BCUT2D eigenvalue weighted by Crippen LogP contribution is 2.45. The van der Waals surface area contributed by atoms with Crippen LogP contribution in [0.5, 0.6) is 0 Å². The predicted octanol–water partition coefficient (Wildman–Crippen LogP) is 4.88. The lowest BCUT2D eigenvalue weighted by atomic mass is 9.80. The van der Waals surface area contributed by atoms with Crippen LogP contribution in [0, 0.1) is 0 Å². The van der Waals surface area contributed by atoms with Gasteiger partial charge in [0, 0.05) is 6.54 Å². The van der Waals surface area contributed by atoms with E-state index in [1.807, 2.05) is 17.1 Å². The van der Waals surface area contributed by atoms with Crippen LogP contribution in [-0.2, 0) is 9.16 Å². The van der Waals surface area contributed by atoms with Crippen LogP contribution in [0.4, 0.5) is 4.79 Å². The van der Waals surface area contributed by atoms with Crippen molar-refractivity contribution in [3.8, 4) is 0 Å². The van der Waals surface area contributed by atoms with Crippen LogP contribution in [0.3, 0.4) is 0 Å². The molecule has 2 aliphatic heterocycles. The van der Waals surface area contributed by atoms with Crippen LogP contribution >= 0.6 is 0 Å². The Hall–Kier alpha value is -1.07. The minimum absolute atomic E-state index is 0.0998. The third-order valence-corrected chi connectivity index (χ3v) is 10.5. The molecule has 4 nitrogen and oxygen atoms in total. The van der Waals surface area contributed by atoms with Gasteiger partial charge in [-0.25, -0.2) is 4.79 Å². The number of fused-ring (bicyclic) bond motifs is 1. The van der Waals surface area contributed by atoms with Crippen molar-refractivity contribution in [2.24, 2.45) is 0 Å². The molecule has 0 bridgehead atoms. The summed E-state index contributed by atoms with van der Waals surface area (Å²) in [6.07, 6.45) is 6.73. The molecule has 0 radical (unpaired) electrons. The molecule has 0 aliphatic carbocycles. The summed E-state index contributed by atoms with van der Waals surface area (Å²) in [6, 6.07) is 0. The van der Waals surface area contributed by atoms with E-state index in [-0.39, 0.29) is 23.3 Å². The number of rotatable bonds is 6. The average Bonchev–Trinajstić information content (AvgIpc) is 2.79. The van der Waals surface area contributed by atoms with E-state index in [1.165, 1.54) is 0 Å². The first kappa shape index (κ1) is 19.3. The van der Waals surface area contributed by atoms with Crippen molar-refractivity contribution in [2.45, 2.75) is 82.3 Å². The van der Waals surface area contributed by atoms with Gasteiger partial charge in [0.25, 0.3) is 0 Å². The fraction of sp³-hybridized carbons (Fsp3) is 0.737. The van der Waals surface area contributed by atoms with E-state index in [1.54, 1.807) is 0 Å². The zero-order valence-corrected chi connectivity index (χ0v) is 16.9. The van der Waals surface area contributed by atoms with Crippen molar-refractivity contribution in [2.75, 3.05) is 6.54 Å². The van der Waals surface area contributed by atoms with Gasteiger partial charge in [-0.05, 0) is 43.8 Å². The topological polar surface area (TPSA) is 38.8 Å². The van der Waals surface area contributed by atoms with Gasteiger partial charge in [0.1, 0.15) is 5.54 Å². The van der Waals surface area contributed by atoms with Crippen molar-refractivity contribution >= 4 is 14.4 Å². The van der Waals surface area contributed by atoms with Crippen molar-refractivity contribution in [3.05, 3.63) is 25.3 Å². The van der Waals surface area contributed by atoms with E-state index < -0.39 is 13.9 Å². The molecule has 2 fully saturated rings. The molecule has 5 heteroatoms. The summed E-state index contributed by atoms with van der Waals surface area (Å²) < 4.78 is 12.5. The highest BCUT2D eigenvalue weighted by atomic mass is 28.4. The fourth-order valence-corrected chi connectivity index (χ4v) is 4.86. The fourth-order valence-electron chi connectivity index (χ4n) is 3.53. The van der Waals surface area contributed by atoms with Crippen LogP contribution in [-0.4, -0.2) is 43.6 Å². The Morgan fingerprint density at radius 2 is 2.08 bits per heavy atom. The molecule has 0 aromatic rings. The summed E-state index contributed by atoms with van der Waals surface area (Å²) in [5.74, 6) is 0. The highest BCUT2D eigenvalue weighted by Gasteiger charge is 2.57. The van der Waals surface area contributed by atoms with Gasteiger partial charge >= 0.3 is 6.09 Å². The zero-order valence-electron chi connectivity index (χ0n) is 15.9. The zero-order chi connectivity index (χ0) is 18.2. The number of carbonyl (C=O) groups excluding carboxylic acids is 1. The standard InChI is InChI=1S/C19H33NO3Si/c1-8-12-15(23-24(6,7)18(3,4)5)16-19(9-2)13-10-11-14-20(19)17(21)22-16/h8-9,15-16H,1-2,10-14H2,3-7H3/t15-,16-,19-/m0/s1. The monoisotopic (exact) mass is 351 g/mol. The summed E-state index contributed by atoms with van der Waals surface area (Å²) in [5.41, 5.74) is -0.439. The third kappa shape index (κ3) is 3.20. The Kier molecular flexibility index (Phi) is 5.36. The maximum absolute atomic E-state index is 12.4. The van der Waals surface area contributed by atoms with Crippen LogP contribution in [0.15, 0.2) is 25.3 Å². The maximum atomic E-state index is 12.4. The molecule has 3 atom stereocenters. The smallest absolute Gasteiger partial charge is 0.411 e. The number of piperidine rings is 1. The molecule has 0 aromatic carbocycles. The average molecular weight is 352 g/mol. The maximum Gasteiger partial charge on any atom is 0.411 e. The lowest BCUT2D eigenvalue weighted by Crippen LogP contribution is -2.58. The lowest BCUT2D eigenvalue weighted by molar-refractivity contribution is 0.000401. The first-order valence-corrected chi connectivity index (χ1v) is 11.9. The van der Waals surface area contributed by atoms with Crippen molar-refractivity contribution in [3.63, 3.8) is 0 Å². The van der Waals surface area contributed by atoms with Gasteiger partial charge in [-0.15, -0.1) is 13.2 Å². The molecule has 0 N–H and O–H groups in total. The summed E-state index contributed by atoms with van der Waals surface area (Å²) in [4.78, 5) is 14.3. The number of cyclic esters (lactones) is 1. The van der Waals surface area contributed by atoms with Gasteiger partial charge in [0.2, 0.25) is 0 Å². The molecule has 2 heterocycles. The quantitative estimate of drug-likeness (QED) is 0.505. The van der Waals surface area contributed by atoms with Gasteiger partial charge in [0.05, 0.1) is 6.10 Å². The van der Waals surface area contributed by atoms with Gasteiger partial charge in [-0.2, -0.15) is 0 Å². The Morgan fingerprint density at radius 3 is 2.62 bits per heavy atom. The van der Waals surface area contributed by atoms with Gasteiger partial charge in [-0.3, -0.25) is 4.90 Å². The molecule has 0 aromatic heterocycles. The number of nitrogens with zero attached hydrogens (tertiary/aromatic N) is 1. The third-order valence-electron chi connectivity index (χ3n) is 5.99. The summed E-state index contributed by atoms with van der Waals surface area (Å²) >= 11 is 0. The van der Waals surface area contributed by atoms with Crippen LogP contribution in [0.25, 0.3) is 0 Å². The second-order valence-electron chi connectivity index (χ2n) is 8.55. The Labute approximate surface area is 148 Å². The molecule has 0 saturated carbocycles. The molecule has 0 unspecified atom stereocenters. The number of hydrogen-bond acceptors (Lipinski definition) is 3. The largest absolute Gasteiger partial charge is 0.440 e. The second-order valence-corrected chi connectivity index (χ2v) is 13.3. The first-order valence-electron chi connectivity index (χ1n) is 8.99. The van der Waals surface area contributed by atoms with Crippen LogP contribution < -0.4 is 0 Å². The van der Waals surface area contributed by atoms with Gasteiger partial charge < -0.3 is 9.16 Å². The molecular formula is C19H33NO3Si. The summed E-state index contributed by atoms with van der Waals surface area (Å²) in [6.45, 7) is 19.8. The van der Waals surface area contributed by atoms with E-state index in [4.69, 9.17) is 9.16 Å². The van der Waals surface area contributed by atoms with E-state index in [0.29, 0.717) is 6.42 Å². The number of ether oxygens (including phenoxy) is 1. The van der Waals surface area contributed by atoms with Crippen molar-refractivity contribution in [1.82, 2.24) is 4.90 Å². The normalized spacial score (nSPS) is 29.0. The molecule has 24 heavy (non-hydrogen) atoms. The molecule has 2 rings (SSSR count). The Bertz CT molecular complexity index is 511. The predicted molar refractivity (Wildman–Crippen MR) is 101 cm³/mol. The Morgan fingerprint density at radius 1 is 1.42 bits per heavy atom. The van der Waals surface area contributed by atoms with Gasteiger partial charge in [0.15, 0.2) is 14.4 Å². The number of hydrogen-bond donors (Lipinski definition) is 0. The summed E-state index contributed by atoms with van der Waals surface area (Å²) in [5, 5.41) is 0.0998.